The van der Waals surface area contributed by atoms with E-state index >= 15 is 0 Å². The summed E-state index contributed by atoms with van der Waals surface area (Å²) in [5.74, 6) is 0.669. The molecule has 1 N–H and O–H groups in total. The van der Waals surface area contributed by atoms with Crippen molar-refractivity contribution < 1.29 is 4.39 Å². The molecule has 2 aromatic heterocycles. The minimum atomic E-state index is -0.269. The molecule has 2 heterocycles. The summed E-state index contributed by atoms with van der Waals surface area (Å²) in [6.45, 7) is 4.71. The Hall–Kier alpha value is -3.28. The van der Waals surface area contributed by atoms with Crippen molar-refractivity contribution in [3.63, 3.8) is 0 Å². The maximum absolute atomic E-state index is 13.1. The molecule has 6 heteroatoms. The molecule has 0 bridgehead atoms. The molecule has 0 atom stereocenters. The molecule has 142 valence electrons. The molecule has 0 saturated carbocycles. The Morgan fingerprint density at radius 2 is 1.86 bits per heavy atom. The number of hydrogen-bond acceptors (Lipinski definition) is 3. The summed E-state index contributed by atoms with van der Waals surface area (Å²) >= 11 is 0. The maximum Gasteiger partial charge on any atom is 0.327 e. The highest BCUT2D eigenvalue weighted by molar-refractivity contribution is 5.73. The van der Waals surface area contributed by atoms with Crippen molar-refractivity contribution >= 4 is 11.2 Å². The fourth-order valence-corrected chi connectivity index (χ4v) is 3.38. The first-order valence-corrected chi connectivity index (χ1v) is 9.32. The summed E-state index contributed by atoms with van der Waals surface area (Å²) < 4.78 is 14.7. The third-order valence-corrected chi connectivity index (χ3v) is 4.87. The quantitative estimate of drug-likeness (QED) is 0.565. The summed E-state index contributed by atoms with van der Waals surface area (Å²) in [4.78, 5) is 24.4. The first-order valence-electron chi connectivity index (χ1n) is 9.32. The van der Waals surface area contributed by atoms with E-state index in [9.17, 15) is 9.18 Å². The van der Waals surface area contributed by atoms with E-state index in [1.54, 1.807) is 22.9 Å². The molecule has 4 aromatic rings. The number of rotatable bonds is 5. The van der Waals surface area contributed by atoms with Crippen molar-refractivity contribution in [2.24, 2.45) is 0 Å². The van der Waals surface area contributed by atoms with Crippen molar-refractivity contribution in [1.82, 2.24) is 19.5 Å². The molecule has 0 spiro atoms. The highest BCUT2D eigenvalue weighted by Crippen LogP contribution is 2.27. The molecule has 28 heavy (non-hydrogen) atoms. The molecular formula is C22H21FN4O. The van der Waals surface area contributed by atoms with Crippen LogP contribution in [0.2, 0.25) is 0 Å². The number of nitrogens with zero attached hydrogens (tertiary/aromatic N) is 3. The highest BCUT2D eigenvalue weighted by Gasteiger charge is 2.14. The minimum Gasteiger partial charge on any atom is -0.303 e. The van der Waals surface area contributed by atoms with Gasteiger partial charge in [0.15, 0.2) is 11.5 Å². The average molecular weight is 376 g/mol. The predicted octanol–water partition coefficient (Wildman–Crippen LogP) is 4.29. The molecule has 0 unspecified atom stereocenters. The molecule has 0 aliphatic carbocycles. The molecule has 0 aliphatic rings. The fourth-order valence-electron chi connectivity index (χ4n) is 3.38. The normalized spacial score (nSPS) is 11.4. The van der Waals surface area contributed by atoms with Gasteiger partial charge in [0.05, 0.1) is 6.20 Å². The number of halogens is 1. The Labute approximate surface area is 161 Å². The van der Waals surface area contributed by atoms with Gasteiger partial charge < -0.3 is 4.98 Å². The number of aromatic amines is 1. The third-order valence-electron chi connectivity index (χ3n) is 4.87. The summed E-state index contributed by atoms with van der Waals surface area (Å²) in [6, 6.07) is 14.4. The van der Waals surface area contributed by atoms with Crippen LogP contribution in [0.5, 0.6) is 0 Å². The predicted molar refractivity (Wildman–Crippen MR) is 108 cm³/mol. The number of benzene rings is 2. The van der Waals surface area contributed by atoms with E-state index in [1.807, 2.05) is 18.2 Å². The number of imidazole rings is 1. The van der Waals surface area contributed by atoms with Crippen molar-refractivity contribution in [3.05, 3.63) is 82.2 Å². The van der Waals surface area contributed by atoms with Gasteiger partial charge in [0.2, 0.25) is 0 Å². The Kier molecular flexibility index (Phi) is 4.77. The van der Waals surface area contributed by atoms with Gasteiger partial charge >= 0.3 is 5.69 Å². The van der Waals surface area contributed by atoms with E-state index in [0.717, 1.165) is 16.7 Å². The second-order valence-electron chi connectivity index (χ2n) is 7.13. The molecule has 0 saturated heterocycles. The average Bonchev–Trinajstić information content (AvgIpc) is 3.02. The molecule has 4 rings (SSSR count). The second-order valence-corrected chi connectivity index (χ2v) is 7.13. The maximum atomic E-state index is 13.1. The Morgan fingerprint density at radius 3 is 2.61 bits per heavy atom. The van der Waals surface area contributed by atoms with Gasteiger partial charge in [-0.25, -0.2) is 19.2 Å². The van der Waals surface area contributed by atoms with Crippen LogP contribution >= 0.6 is 0 Å². The minimum absolute atomic E-state index is 0.222. The molecule has 2 aromatic carbocycles. The van der Waals surface area contributed by atoms with E-state index in [1.165, 1.54) is 12.1 Å². The van der Waals surface area contributed by atoms with Crippen molar-refractivity contribution in [3.8, 4) is 11.4 Å². The number of aromatic nitrogens is 4. The van der Waals surface area contributed by atoms with Crippen molar-refractivity contribution in [2.45, 2.75) is 32.7 Å². The lowest BCUT2D eigenvalue weighted by atomic mass is 9.97. The van der Waals surface area contributed by atoms with E-state index in [-0.39, 0.29) is 11.5 Å². The lowest BCUT2D eigenvalue weighted by Gasteiger charge is -2.11. The number of H-pyrrole nitrogens is 1. The topological polar surface area (TPSA) is 63.6 Å². The van der Waals surface area contributed by atoms with Gasteiger partial charge in [-0.1, -0.05) is 50.2 Å². The van der Waals surface area contributed by atoms with Crippen LogP contribution in [0.15, 0.2) is 59.5 Å². The lowest BCUT2D eigenvalue weighted by Crippen LogP contribution is -2.18. The van der Waals surface area contributed by atoms with Crippen molar-refractivity contribution in [1.29, 1.82) is 0 Å². The smallest absolute Gasteiger partial charge is 0.303 e. The summed E-state index contributed by atoms with van der Waals surface area (Å²) in [6.07, 6.45) is 2.26. The summed E-state index contributed by atoms with van der Waals surface area (Å²) in [5, 5.41) is 0. The van der Waals surface area contributed by atoms with Crippen LogP contribution in [0, 0.1) is 5.82 Å². The first kappa shape index (κ1) is 18.1. The van der Waals surface area contributed by atoms with Gasteiger partial charge in [-0.15, -0.1) is 0 Å². The molecule has 0 fully saturated rings. The van der Waals surface area contributed by atoms with Crippen LogP contribution in [-0.2, 0) is 13.0 Å². The fraction of sp³-hybridized carbons (Fsp3) is 0.227. The van der Waals surface area contributed by atoms with Gasteiger partial charge in [-0.3, -0.25) is 4.57 Å². The standard InChI is InChI=1S/C22H21FN4O/c1-14(2)17-5-3-4-6-18(17)20-24-13-19-21(26-20)27(22(28)25-19)12-11-15-7-9-16(23)10-8-15/h3-10,13-14H,11-12H2,1-2H3,(H,25,28). The van der Waals surface area contributed by atoms with E-state index < -0.39 is 0 Å². The van der Waals surface area contributed by atoms with E-state index in [2.05, 4.69) is 29.9 Å². The molecule has 0 amide bonds. The summed E-state index contributed by atoms with van der Waals surface area (Å²) in [7, 11) is 0. The zero-order chi connectivity index (χ0) is 19.7. The number of aryl methyl sites for hydroxylation is 2. The van der Waals surface area contributed by atoms with Crippen molar-refractivity contribution in [2.75, 3.05) is 0 Å². The molecular weight excluding hydrogens is 355 g/mol. The highest BCUT2D eigenvalue weighted by atomic mass is 19.1. The Bertz CT molecular complexity index is 1180. The summed E-state index contributed by atoms with van der Waals surface area (Å²) in [5.41, 5.74) is 4.06. The van der Waals surface area contributed by atoms with Gasteiger partial charge in [-0.2, -0.15) is 0 Å². The van der Waals surface area contributed by atoms with Gasteiger partial charge in [0, 0.05) is 12.1 Å². The second kappa shape index (κ2) is 7.38. The van der Waals surface area contributed by atoms with Crippen LogP contribution in [0.25, 0.3) is 22.6 Å². The lowest BCUT2D eigenvalue weighted by molar-refractivity contribution is 0.625. The van der Waals surface area contributed by atoms with Gasteiger partial charge in [0.1, 0.15) is 11.3 Å². The van der Waals surface area contributed by atoms with E-state index in [4.69, 9.17) is 4.98 Å². The van der Waals surface area contributed by atoms with Crippen LogP contribution in [0.3, 0.4) is 0 Å². The first-order chi connectivity index (χ1) is 13.5. The monoisotopic (exact) mass is 376 g/mol. The SMILES string of the molecule is CC(C)c1ccccc1-c1ncc2[nH]c(=O)n(CCc3ccc(F)cc3)c2n1. The Morgan fingerprint density at radius 1 is 1.11 bits per heavy atom. The third kappa shape index (κ3) is 3.45. The van der Waals surface area contributed by atoms with E-state index in [0.29, 0.717) is 35.9 Å². The number of nitrogens with one attached hydrogen (secondary N) is 1. The zero-order valence-corrected chi connectivity index (χ0v) is 15.8. The number of hydrogen-bond donors (Lipinski definition) is 1. The molecule has 0 aliphatic heterocycles. The van der Waals surface area contributed by atoms with Crippen LogP contribution in [0.1, 0.15) is 30.9 Å². The van der Waals surface area contributed by atoms with Gasteiger partial charge in [-0.05, 0) is 35.6 Å². The van der Waals surface area contributed by atoms with Crippen LogP contribution < -0.4 is 5.69 Å². The van der Waals surface area contributed by atoms with Crippen LogP contribution in [-0.4, -0.2) is 19.5 Å². The van der Waals surface area contributed by atoms with Crippen LogP contribution in [0.4, 0.5) is 4.39 Å². The molecule has 5 nitrogen and oxygen atoms in total. The molecule has 0 radical (unpaired) electrons. The largest absolute Gasteiger partial charge is 0.327 e. The Balaban J connectivity index is 1.72. The zero-order valence-electron chi connectivity index (χ0n) is 15.8. The van der Waals surface area contributed by atoms with Gasteiger partial charge in [0.25, 0.3) is 0 Å². The number of fused-ring (bicyclic) bond motifs is 1.